The molecule has 0 spiro atoms. The lowest BCUT2D eigenvalue weighted by Crippen LogP contribution is -2.27. The van der Waals surface area contributed by atoms with Crippen LogP contribution < -0.4 is 4.90 Å². The van der Waals surface area contributed by atoms with Crippen LogP contribution in [0, 0.1) is 5.92 Å². The van der Waals surface area contributed by atoms with Crippen molar-refractivity contribution in [2.75, 3.05) is 17.2 Å². The maximum atomic E-state index is 12.7. The molecule has 1 amide bonds. The van der Waals surface area contributed by atoms with Gasteiger partial charge in [0.1, 0.15) is 11.5 Å². The average molecular weight is 297 g/mol. The molecule has 1 aliphatic rings. The van der Waals surface area contributed by atoms with Crippen molar-refractivity contribution < 1.29 is 17.1 Å². The molecule has 20 heavy (non-hydrogen) atoms. The molecule has 8 heteroatoms. The number of imidazole rings is 1. The number of anilines is 1. The van der Waals surface area contributed by atoms with Gasteiger partial charge in [-0.15, -0.1) is 3.89 Å². The van der Waals surface area contributed by atoms with E-state index in [0.717, 1.165) is 0 Å². The van der Waals surface area contributed by atoms with Gasteiger partial charge >= 0.3 is 10.2 Å². The van der Waals surface area contributed by atoms with Crippen molar-refractivity contribution in [1.29, 1.82) is 0 Å². The predicted molar refractivity (Wildman–Crippen MR) is 70.5 cm³/mol. The molecule has 3 heterocycles. The highest BCUT2D eigenvalue weighted by Crippen LogP contribution is 2.26. The Balaban J connectivity index is 1.91. The van der Waals surface area contributed by atoms with E-state index in [2.05, 4.69) is 4.98 Å². The standard InChI is InChI=1S/C12H12FN3O3S/c13-20(18,19)8-9-6-12(17)16(7-9)11-3-1-2-10-14-4-5-15(10)11/h1-5,9H,6-8H2. The van der Waals surface area contributed by atoms with Gasteiger partial charge in [-0.05, 0) is 12.1 Å². The maximum Gasteiger partial charge on any atom is 0.302 e. The summed E-state index contributed by atoms with van der Waals surface area (Å²) in [7, 11) is -4.57. The lowest BCUT2D eigenvalue weighted by atomic mass is 10.1. The zero-order valence-electron chi connectivity index (χ0n) is 10.4. The summed E-state index contributed by atoms with van der Waals surface area (Å²) in [6.45, 7) is 0.194. The maximum absolute atomic E-state index is 12.7. The van der Waals surface area contributed by atoms with E-state index in [-0.39, 0.29) is 18.9 Å². The molecule has 0 radical (unpaired) electrons. The van der Waals surface area contributed by atoms with E-state index in [1.807, 2.05) is 0 Å². The van der Waals surface area contributed by atoms with Gasteiger partial charge in [0.05, 0.1) is 5.75 Å². The molecule has 1 aliphatic heterocycles. The normalized spacial score (nSPS) is 19.9. The molecule has 2 aromatic heterocycles. The second kappa shape index (κ2) is 4.55. The Morgan fingerprint density at radius 1 is 1.40 bits per heavy atom. The van der Waals surface area contributed by atoms with Gasteiger partial charge in [0, 0.05) is 31.3 Å². The Morgan fingerprint density at radius 2 is 2.20 bits per heavy atom. The minimum atomic E-state index is -4.57. The molecule has 1 saturated heterocycles. The first-order chi connectivity index (χ1) is 9.44. The van der Waals surface area contributed by atoms with Crippen LogP contribution in [-0.4, -0.2) is 36.0 Å². The van der Waals surface area contributed by atoms with Crippen molar-refractivity contribution in [1.82, 2.24) is 9.38 Å². The number of aromatic nitrogens is 2. The lowest BCUT2D eigenvalue weighted by Gasteiger charge is -2.17. The van der Waals surface area contributed by atoms with Crippen LogP contribution in [0.3, 0.4) is 0 Å². The topological polar surface area (TPSA) is 71.8 Å². The van der Waals surface area contributed by atoms with Crippen LogP contribution in [0.2, 0.25) is 0 Å². The second-order valence-electron chi connectivity index (χ2n) is 4.82. The van der Waals surface area contributed by atoms with Gasteiger partial charge in [0.15, 0.2) is 0 Å². The number of nitrogens with zero attached hydrogens (tertiary/aromatic N) is 3. The van der Waals surface area contributed by atoms with Crippen molar-refractivity contribution in [3.63, 3.8) is 0 Å². The van der Waals surface area contributed by atoms with E-state index in [1.54, 1.807) is 35.0 Å². The lowest BCUT2D eigenvalue weighted by molar-refractivity contribution is -0.117. The van der Waals surface area contributed by atoms with Gasteiger partial charge in [-0.2, -0.15) is 8.42 Å². The largest absolute Gasteiger partial charge is 0.302 e. The fourth-order valence-electron chi connectivity index (χ4n) is 2.55. The van der Waals surface area contributed by atoms with Crippen LogP contribution in [0.25, 0.3) is 5.65 Å². The summed E-state index contributed by atoms with van der Waals surface area (Å²) < 4.78 is 35.9. The Labute approximate surface area is 115 Å². The number of fused-ring (bicyclic) bond motifs is 1. The highest BCUT2D eigenvalue weighted by molar-refractivity contribution is 7.86. The molecule has 1 atom stereocenters. The number of carbonyl (C=O) groups excluding carboxylic acids is 1. The third-order valence-electron chi connectivity index (χ3n) is 3.32. The number of hydrogen-bond acceptors (Lipinski definition) is 4. The molecule has 0 aromatic carbocycles. The first kappa shape index (κ1) is 13.0. The summed E-state index contributed by atoms with van der Waals surface area (Å²) in [5.41, 5.74) is 0.692. The minimum absolute atomic E-state index is 0.0359. The first-order valence-corrected chi connectivity index (χ1v) is 7.64. The fraction of sp³-hybridized carbons (Fsp3) is 0.333. The van der Waals surface area contributed by atoms with Crippen LogP contribution in [0.1, 0.15) is 6.42 Å². The van der Waals surface area contributed by atoms with Crippen LogP contribution in [0.15, 0.2) is 30.6 Å². The number of halogens is 1. The molecule has 1 unspecified atom stereocenters. The fourth-order valence-corrected chi connectivity index (χ4v) is 3.34. The van der Waals surface area contributed by atoms with Crippen molar-refractivity contribution in [2.24, 2.45) is 5.92 Å². The molecule has 1 fully saturated rings. The molecule has 6 nitrogen and oxygen atoms in total. The predicted octanol–water partition coefficient (Wildman–Crippen LogP) is 0.987. The third kappa shape index (κ3) is 2.38. The van der Waals surface area contributed by atoms with Crippen LogP contribution in [0.4, 0.5) is 9.70 Å². The smallest absolute Gasteiger partial charge is 0.298 e. The minimum Gasteiger partial charge on any atom is -0.298 e. The van der Waals surface area contributed by atoms with E-state index in [0.29, 0.717) is 11.5 Å². The first-order valence-electron chi connectivity index (χ1n) is 6.09. The highest BCUT2D eigenvalue weighted by atomic mass is 32.3. The molecule has 0 N–H and O–H groups in total. The van der Waals surface area contributed by atoms with E-state index < -0.39 is 21.9 Å². The SMILES string of the molecule is O=C1CC(CS(=O)(=O)F)CN1c1cccc2nccn12. The molecule has 2 aromatic rings. The molecule has 3 rings (SSSR count). The Bertz CT molecular complexity index is 771. The number of pyridine rings is 1. The van der Waals surface area contributed by atoms with Crippen LogP contribution in [0.5, 0.6) is 0 Å². The van der Waals surface area contributed by atoms with Crippen molar-refractivity contribution in [3.05, 3.63) is 30.6 Å². The monoisotopic (exact) mass is 297 g/mol. The van der Waals surface area contributed by atoms with Gasteiger partial charge in [-0.3, -0.25) is 14.1 Å². The Hall–Kier alpha value is -1.96. The molecule has 106 valence electrons. The van der Waals surface area contributed by atoms with Crippen LogP contribution >= 0.6 is 0 Å². The third-order valence-corrected chi connectivity index (χ3v) is 4.19. The summed E-state index contributed by atoms with van der Waals surface area (Å²) >= 11 is 0. The van der Waals surface area contributed by atoms with Gasteiger partial charge < -0.3 is 0 Å². The van der Waals surface area contributed by atoms with Crippen molar-refractivity contribution >= 4 is 27.6 Å². The summed E-state index contributed by atoms with van der Waals surface area (Å²) in [5, 5.41) is 0. The number of amides is 1. The highest BCUT2D eigenvalue weighted by Gasteiger charge is 2.34. The van der Waals surface area contributed by atoms with Gasteiger partial charge in [0.25, 0.3) is 0 Å². The van der Waals surface area contributed by atoms with Gasteiger partial charge in [-0.1, -0.05) is 6.07 Å². The van der Waals surface area contributed by atoms with Crippen LogP contribution in [-0.2, 0) is 15.0 Å². The van der Waals surface area contributed by atoms with E-state index >= 15 is 0 Å². The van der Waals surface area contributed by atoms with Gasteiger partial charge in [0.2, 0.25) is 5.91 Å². The van der Waals surface area contributed by atoms with E-state index in [9.17, 15) is 17.1 Å². The molecule has 0 bridgehead atoms. The van der Waals surface area contributed by atoms with Crippen molar-refractivity contribution in [3.8, 4) is 0 Å². The summed E-state index contributed by atoms with van der Waals surface area (Å²) in [5.74, 6) is -0.727. The zero-order valence-corrected chi connectivity index (χ0v) is 11.3. The quantitative estimate of drug-likeness (QED) is 0.792. The summed E-state index contributed by atoms with van der Waals surface area (Å²) in [6, 6.07) is 5.32. The summed E-state index contributed by atoms with van der Waals surface area (Å²) in [6.07, 6.45) is 3.37. The Kier molecular flexibility index (Phi) is 2.97. The van der Waals surface area contributed by atoms with Gasteiger partial charge in [-0.25, -0.2) is 4.98 Å². The second-order valence-corrected chi connectivity index (χ2v) is 6.23. The molecular formula is C12H12FN3O3S. The number of rotatable bonds is 3. The summed E-state index contributed by atoms with van der Waals surface area (Å²) in [4.78, 5) is 17.6. The molecular weight excluding hydrogens is 285 g/mol. The number of carbonyl (C=O) groups is 1. The molecule has 0 saturated carbocycles. The zero-order chi connectivity index (χ0) is 14.3. The Morgan fingerprint density at radius 3 is 2.95 bits per heavy atom. The van der Waals surface area contributed by atoms with E-state index in [1.165, 1.54) is 4.90 Å². The van der Waals surface area contributed by atoms with E-state index in [4.69, 9.17) is 0 Å². The number of hydrogen-bond donors (Lipinski definition) is 0. The molecule has 0 aliphatic carbocycles. The van der Waals surface area contributed by atoms with Crippen molar-refractivity contribution in [2.45, 2.75) is 6.42 Å². The average Bonchev–Trinajstić information content (AvgIpc) is 2.93.